The van der Waals surface area contributed by atoms with Gasteiger partial charge in [0, 0.05) is 26.2 Å². The van der Waals surface area contributed by atoms with E-state index in [2.05, 4.69) is 13.2 Å². The fourth-order valence-electron chi connectivity index (χ4n) is 3.67. The molecule has 1 saturated heterocycles. The highest BCUT2D eigenvalue weighted by molar-refractivity contribution is 7.52. The normalized spacial score (nSPS) is 14.2. The summed E-state index contributed by atoms with van der Waals surface area (Å²) in [4.78, 5) is 0. The molecule has 0 radical (unpaired) electrons. The molecule has 4 rings (SSSR count). The Hall–Kier alpha value is -3.54. The summed E-state index contributed by atoms with van der Waals surface area (Å²) in [5.74, 6) is 1.49. The predicted molar refractivity (Wildman–Crippen MR) is 195 cm³/mol. The monoisotopic (exact) mass is 672 g/mol. The summed E-state index contributed by atoms with van der Waals surface area (Å²) >= 11 is 0. The Morgan fingerprint density at radius 2 is 0.870 bits per heavy atom. The fourth-order valence-corrected chi connectivity index (χ4v) is 7.11. The highest BCUT2D eigenvalue weighted by Gasteiger charge is 2.45. The Balaban J connectivity index is 0.00000235. The van der Waals surface area contributed by atoms with E-state index in [0.717, 1.165) is 0 Å². The summed E-state index contributed by atoms with van der Waals surface area (Å²) in [5.41, 5.74) is 0. The molecule has 0 aliphatic carbocycles. The van der Waals surface area contributed by atoms with Crippen molar-refractivity contribution >= 4 is 15.5 Å². The molecule has 254 valence electrons. The van der Waals surface area contributed by atoms with Crippen molar-refractivity contribution in [1.82, 2.24) is 9.34 Å². The highest BCUT2D eigenvalue weighted by Crippen LogP contribution is 2.57. The average Bonchev–Trinajstić information content (AvgIpc) is 3.13. The van der Waals surface area contributed by atoms with E-state index in [9.17, 15) is 9.13 Å². The first kappa shape index (κ1) is 42.5. The van der Waals surface area contributed by atoms with Crippen LogP contribution in [0.15, 0.2) is 128 Å². The Kier molecular flexibility index (Phi) is 22.8. The van der Waals surface area contributed by atoms with Crippen LogP contribution in [0.3, 0.4) is 0 Å². The summed E-state index contributed by atoms with van der Waals surface area (Å²) in [7, 11) is -7.72. The van der Waals surface area contributed by atoms with Crippen molar-refractivity contribution in [2.24, 2.45) is 0 Å². The molecule has 1 heterocycles. The van der Waals surface area contributed by atoms with Gasteiger partial charge in [0.2, 0.25) is 0 Å². The molecule has 1 fully saturated rings. The topological polar surface area (TPSA) is 77.5 Å². The zero-order valence-electron chi connectivity index (χ0n) is 28.9. The molecule has 3 aromatic rings. The first-order chi connectivity index (χ1) is 22.4. The van der Waals surface area contributed by atoms with Gasteiger partial charge in [-0.2, -0.15) is 9.34 Å². The van der Waals surface area contributed by atoms with Gasteiger partial charge >= 0.3 is 15.5 Å². The number of nitrogens with zero attached hydrogens (tertiary/aromatic N) is 2. The van der Waals surface area contributed by atoms with Crippen molar-refractivity contribution in [3.63, 3.8) is 0 Å². The maximum atomic E-state index is 14.2. The Morgan fingerprint density at radius 1 is 0.565 bits per heavy atom. The summed E-state index contributed by atoms with van der Waals surface area (Å²) in [5, 5.41) is 0. The molecule has 0 aromatic heterocycles. The summed E-state index contributed by atoms with van der Waals surface area (Å²) in [6.45, 7) is 24.3. The molecule has 0 spiro atoms. The Labute approximate surface area is 278 Å². The van der Waals surface area contributed by atoms with E-state index in [1.54, 1.807) is 88.2 Å². The van der Waals surface area contributed by atoms with Crippen LogP contribution < -0.4 is 13.6 Å². The molecule has 8 nitrogen and oxygen atoms in total. The standard InChI is InChI=1S/C28H30N2O6P2.4C2H6/c1-3-14-25(4-2)33-37(31,34-26-15-8-5-9-16-26)29-21-23-30(24-22-29)38(32,35-27-17-10-6-11-18-27)36-28-19-12-7-13-20-28;4*1-2/h3-20H,1-2,21-24H2;4*1-2H3/b25-14+;;;;. The molecule has 1 atom stereocenters. The molecule has 1 aliphatic heterocycles. The van der Waals surface area contributed by atoms with Crippen LogP contribution in [-0.4, -0.2) is 35.5 Å². The van der Waals surface area contributed by atoms with Gasteiger partial charge in [-0.15, -0.1) is 0 Å². The highest BCUT2D eigenvalue weighted by atomic mass is 31.2. The molecule has 10 heteroatoms. The van der Waals surface area contributed by atoms with Crippen molar-refractivity contribution in [3.8, 4) is 17.2 Å². The van der Waals surface area contributed by atoms with Crippen LogP contribution in [0.5, 0.6) is 17.2 Å². The molecule has 46 heavy (non-hydrogen) atoms. The van der Waals surface area contributed by atoms with Crippen LogP contribution in [0, 0.1) is 0 Å². The predicted octanol–water partition coefficient (Wildman–Crippen LogP) is 11.4. The van der Waals surface area contributed by atoms with Gasteiger partial charge in [0.25, 0.3) is 0 Å². The SMILES string of the molecule is C=C/C=C(\C=C)OP(=O)(Oc1ccccc1)N1CCN(P(=O)(Oc2ccccc2)Oc2ccccc2)CC1.CC.CC.CC.CC. The summed E-state index contributed by atoms with van der Waals surface area (Å²) < 4.78 is 55.2. The lowest BCUT2D eigenvalue weighted by molar-refractivity contribution is 0.185. The van der Waals surface area contributed by atoms with Gasteiger partial charge in [0.15, 0.2) is 0 Å². The van der Waals surface area contributed by atoms with Gasteiger partial charge in [-0.25, -0.2) is 9.13 Å². The van der Waals surface area contributed by atoms with Crippen LogP contribution in [-0.2, 0) is 13.7 Å². The van der Waals surface area contributed by atoms with Crippen molar-refractivity contribution in [2.75, 3.05) is 26.2 Å². The molecule has 0 saturated carbocycles. The van der Waals surface area contributed by atoms with E-state index in [1.165, 1.54) is 12.2 Å². The molecule has 1 aliphatic rings. The van der Waals surface area contributed by atoms with Gasteiger partial charge in [0.05, 0.1) is 0 Å². The first-order valence-corrected chi connectivity index (χ1v) is 19.0. The van der Waals surface area contributed by atoms with Crippen molar-refractivity contribution in [2.45, 2.75) is 55.4 Å². The van der Waals surface area contributed by atoms with Gasteiger partial charge in [-0.1, -0.05) is 129 Å². The number of hydrogen-bond acceptors (Lipinski definition) is 6. The van der Waals surface area contributed by atoms with Crippen LogP contribution in [0.1, 0.15) is 55.4 Å². The number of para-hydroxylation sites is 3. The molecule has 0 amide bonds. The number of piperazine rings is 1. The van der Waals surface area contributed by atoms with Gasteiger partial charge < -0.3 is 18.1 Å². The number of rotatable bonds is 12. The fraction of sp³-hybridized carbons (Fsp3) is 0.333. The lowest BCUT2D eigenvalue weighted by Crippen LogP contribution is -2.45. The van der Waals surface area contributed by atoms with Gasteiger partial charge in [0.1, 0.15) is 23.0 Å². The van der Waals surface area contributed by atoms with E-state index in [4.69, 9.17) is 18.1 Å². The summed E-state index contributed by atoms with van der Waals surface area (Å²) in [6.07, 6.45) is 4.51. The zero-order valence-corrected chi connectivity index (χ0v) is 30.7. The van der Waals surface area contributed by atoms with Gasteiger partial charge in [-0.3, -0.25) is 0 Å². The van der Waals surface area contributed by atoms with E-state index in [-0.39, 0.29) is 31.9 Å². The van der Waals surface area contributed by atoms with E-state index < -0.39 is 15.5 Å². The van der Waals surface area contributed by atoms with Crippen LogP contribution in [0.4, 0.5) is 0 Å². The molecule has 0 N–H and O–H groups in total. The lowest BCUT2D eigenvalue weighted by atomic mass is 10.3. The zero-order chi connectivity index (χ0) is 34.8. The first-order valence-electron chi connectivity index (χ1n) is 16.0. The minimum Gasteiger partial charge on any atom is -0.404 e. The second-order valence-electron chi connectivity index (χ2n) is 8.16. The second-order valence-corrected chi connectivity index (χ2v) is 11.9. The van der Waals surface area contributed by atoms with Crippen LogP contribution >= 0.6 is 15.5 Å². The number of hydrogen-bond donors (Lipinski definition) is 0. The van der Waals surface area contributed by atoms with Crippen molar-refractivity contribution in [3.05, 3.63) is 128 Å². The quantitative estimate of drug-likeness (QED) is 0.107. The molecule has 1 unspecified atom stereocenters. The third kappa shape index (κ3) is 13.8. The largest absolute Gasteiger partial charge is 0.515 e. The minimum absolute atomic E-state index is 0.211. The molecule has 0 bridgehead atoms. The average molecular weight is 673 g/mol. The minimum atomic E-state index is -3.88. The third-order valence-electron chi connectivity index (χ3n) is 5.52. The lowest BCUT2D eigenvalue weighted by Gasteiger charge is -2.38. The van der Waals surface area contributed by atoms with Crippen LogP contribution in [0.2, 0.25) is 0 Å². The maximum Gasteiger partial charge on any atom is 0.515 e. The summed E-state index contributed by atoms with van der Waals surface area (Å²) in [6, 6.07) is 26.5. The molecule has 3 aromatic carbocycles. The van der Waals surface area contributed by atoms with Gasteiger partial charge in [-0.05, 0) is 48.6 Å². The smallest absolute Gasteiger partial charge is 0.404 e. The Bertz CT molecular complexity index is 1280. The number of benzene rings is 3. The number of allylic oxidation sites excluding steroid dienone is 3. The molecular weight excluding hydrogens is 618 g/mol. The van der Waals surface area contributed by atoms with Crippen LogP contribution in [0.25, 0.3) is 0 Å². The van der Waals surface area contributed by atoms with E-state index in [0.29, 0.717) is 17.2 Å². The van der Waals surface area contributed by atoms with Crippen molar-refractivity contribution < 1.29 is 27.2 Å². The molecular formula is C36H54N2O6P2. The Morgan fingerprint density at radius 3 is 1.17 bits per heavy atom. The maximum absolute atomic E-state index is 14.2. The second kappa shape index (κ2) is 24.7. The third-order valence-corrected chi connectivity index (χ3v) is 9.47. The van der Waals surface area contributed by atoms with Crippen molar-refractivity contribution in [1.29, 1.82) is 0 Å². The van der Waals surface area contributed by atoms with E-state index in [1.807, 2.05) is 73.6 Å². The van der Waals surface area contributed by atoms with E-state index >= 15 is 0 Å².